The first-order valence-electron chi connectivity index (χ1n) is 8.71. The highest BCUT2D eigenvalue weighted by Gasteiger charge is 2.29. The maximum atomic E-state index is 13.3. The number of hydrogen-bond donors (Lipinski definition) is 0. The Kier molecular flexibility index (Phi) is 4.38. The standard InChI is InChI=1S/C20H18FNO5S/c1-26-20(23)18-15-10-13-4-3-9-22(28(2,24)25)16(13)11-17(15)27-19(18)12-5-7-14(21)8-6-12/h5-8,10-11H,3-4,9H2,1-2H3. The molecule has 3 aromatic rings. The van der Waals surface area contributed by atoms with E-state index in [-0.39, 0.29) is 11.3 Å². The monoisotopic (exact) mass is 403 g/mol. The molecular formula is C20H18FNO5S. The van der Waals surface area contributed by atoms with Crippen molar-refractivity contribution in [1.82, 2.24) is 0 Å². The number of carbonyl (C=O) groups is 1. The molecule has 0 atom stereocenters. The minimum absolute atomic E-state index is 0.239. The van der Waals surface area contributed by atoms with Gasteiger partial charge in [0.25, 0.3) is 0 Å². The fraction of sp³-hybridized carbons (Fsp3) is 0.250. The van der Waals surface area contributed by atoms with Crippen LogP contribution in [0.15, 0.2) is 40.8 Å². The zero-order valence-corrected chi connectivity index (χ0v) is 16.2. The highest BCUT2D eigenvalue weighted by Crippen LogP contribution is 2.39. The first kappa shape index (κ1) is 18.5. The molecule has 0 aliphatic carbocycles. The third-order valence-electron chi connectivity index (χ3n) is 4.86. The van der Waals surface area contributed by atoms with Crippen LogP contribution in [-0.4, -0.2) is 34.3 Å². The van der Waals surface area contributed by atoms with E-state index in [0.717, 1.165) is 11.8 Å². The molecule has 0 fully saturated rings. The van der Waals surface area contributed by atoms with Crippen LogP contribution in [0.2, 0.25) is 0 Å². The Morgan fingerprint density at radius 3 is 2.57 bits per heavy atom. The Morgan fingerprint density at radius 1 is 1.21 bits per heavy atom. The number of ether oxygens (including phenoxy) is 1. The molecular weight excluding hydrogens is 385 g/mol. The van der Waals surface area contributed by atoms with Gasteiger partial charge in [-0.3, -0.25) is 4.31 Å². The molecule has 0 amide bonds. The third kappa shape index (κ3) is 3.03. The van der Waals surface area contributed by atoms with Crippen LogP contribution in [-0.2, 0) is 21.2 Å². The Labute approximate surface area is 161 Å². The van der Waals surface area contributed by atoms with Crippen LogP contribution >= 0.6 is 0 Å². The van der Waals surface area contributed by atoms with Crippen molar-refractivity contribution in [2.45, 2.75) is 12.8 Å². The molecule has 28 heavy (non-hydrogen) atoms. The number of rotatable bonds is 3. The smallest absolute Gasteiger partial charge is 0.342 e. The third-order valence-corrected chi connectivity index (χ3v) is 6.04. The first-order valence-corrected chi connectivity index (χ1v) is 10.6. The predicted molar refractivity (Wildman–Crippen MR) is 103 cm³/mol. The number of carbonyl (C=O) groups excluding carboxylic acids is 1. The number of aryl methyl sites for hydroxylation is 1. The molecule has 1 aliphatic heterocycles. The fourth-order valence-electron chi connectivity index (χ4n) is 3.60. The molecule has 0 spiro atoms. The maximum absolute atomic E-state index is 13.3. The van der Waals surface area contributed by atoms with Crippen molar-refractivity contribution in [2.75, 3.05) is 24.2 Å². The van der Waals surface area contributed by atoms with Crippen molar-refractivity contribution in [3.63, 3.8) is 0 Å². The molecule has 4 rings (SSSR count). The molecule has 0 radical (unpaired) electrons. The summed E-state index contributed by atoms with van der Waals surface area (Å²) in [6.07, 6.45) is 2.54. The van der Waals surface area contributed by atoms with Crippen molar-refractivity contribution in [2.24, 2.45) is 0 Å². The molecule has 0 N–H and O–H groups in total. The lowest BCUT2D eigenvalue weighted by molar-refractivity contribution is 0.0603. The van der Waals surface area contributed by atoms with Crippen LogP contribution in [0.5, 0.6) is 0 Å². The molecule has 2 aromatic carbocycles. The average molecular weight is 403 g/mol. The number of hydrogen-bond acceptors (Lipinski definition) is 5. The lowest BCUT2D eigenvalue weighted by Gasteiger charge is -2.29. The molecule has 146 valence electrons. The molecule has 1 aliphatic rings. The van der Waals surface area contributed by atoms with Gasteiger partial charge in [0.05, 0.1) is 19.1 Å². The number of halogens is 1. The summed E-state index contributed by atoms with van der Waals surface area (Å²) in [6.45, 7) is 0.396. The number of benzene rings is 2. The van der Waals surface area contributed by atoms with E-state index in [2.05, 4.69) is 0 Å². The molecule has 0 bridgehead atoms. The van der Waals surface area contributed by atoms with Gasteiger partial charge in [-0.2, -0.15) is 0 Å². The van der Waals surface area contributed by atoms with Gasteiger partial charge < -0.3 is 9.15 Å². The predicted octanol–water partition coefficient (Wildman–Crippen LogP) is 3.74. The number of furan rings is 1. The van der Waals surface area contributed by atoms with Crippen molar-refractivity contribution < 1.29 is 26.8 Å². The SMILES string of the molecule is COC(=O)c1c(-c2ccc(F)cc2)oc2cc3c(cc12)CCCN3S(C)(=O)=O. The summed E-state index contributed by atoms with van der Waals surface area (Å²) in [5.41, 5.74) is 2.51. The average Bonchev–Trinajstić information content (AvgIpc) is 3.03. The number of fused-ring (bicyclic) bond motifs is 2. The van der Waals surface area contributed by atoms with Crippen molar-refractivity contribution in [1.29, 1.82) is 0 Å². The van der Waals surface area contributed by atoms with Crippen LogP contribution in [0, 0.1) is 5.82 Å². The first-order chi connectivity index (χ1) is 13.3. The zero-order chi connectivity index (χ0) is 20.1. The van der Waals surface area contributed by atoms with Crippen LogP contribution in [0.4, 0.5) is 10.1 Å². The Bertz CT molecular complexity index is 1180. The Balaban J connectivity index is 1.99. The van der Waals surface area contributed by atoms with Crippen molar-refractivity contribution >= 4 is 32.6 Å². The fourth-order valence-corrected chi connectivity index (χ4v) is 4.58. The van der Waals surface area contributed by atoms with Gasteiger partial charge in [0, 0.05) is 23.6 Å². The zero-order valence-electron chi connectivity index (χ0n) is 15.4. The summed E-state index contributed by atoms with van der Waals surface area (Å²) in [6, 6.07) is 9.01. The molecule has 2 heterocycles. The van der Waals surface area contributed by atoms with Gasteiger partial charge in [-0.05, 0) is 48.7 Å². The highest BCUT2D eigenvalue weighted by molar-refractivity contribution is 7.92. The highest BCUT2D eigenvalue weighted by atomic mass is 32.2. The van der Waals surface area contributed by atoms with Gasteiger partial charge >= 0.3 is 5.97 Å². The summed E-state index contributed by atoms with van der Waals surface area (Å²) >= 11 is 0. The second-order valence-electron chi connectivity index (χ2n) is 6.72. The summed E-state index contributed by atoms with van der Waals surface area (Å²) < 4.78 is 49.8. The van der Waals surface area contributed by atoms with E-state index in [4.69, 9.17) is 9.15 Å². The van der Waals surface area contributed by atoms with Gasteiger partial charge in [0.15, 0.2) is 0 Å². The second-order valence-corrected chi connectivity index (χ2v) is 8.63. The minimum atomic E-state index is -3.43. The van der Waals surface area contributed by atoms with Crippen molar-refractivity contribution in [3.05, 3.63) is 53.3 Å². The summed E-state index contributed by atoms with van der Waals surface area (Å²) in [7, 11) is -2.15. The quantitative estimate of drug-likeness (QED) is 0.623. The molecule has 0 saturated heterocycles. The number of esters is 1. The van der Waals surface area contributed by atoms with E-state index in [0.29, 0.717) is 41.6 Å². The number of anilines is 1. The Hall–Kier alpha value is -2.87. The molecule has 8 heteroatoms. The van der Waals surface area contributed by atoms with E-state index >= 15 is 0 Å². The van der Waals surface area contributed by atoms with Crippen molar-refractivity contribution in [3.8, 4) is 11.3 Å². The minimum Gasteiger partial charge on any atom is -0.465 e. The number of sulfonamides is 1. The van der Waals surface area contributed by atoms with Gasteiger partial charge in [-0.15, -0.1) is 0 Å². The number of methoxy groups -OCH3 is 1. The van der Waals surface area contributed by atoms with E-state index in [1.54, 1.807) is 12.1 Å². The topological polar surface area (TPSA) is 76.8 Å². The normalized spacial score (nSPS) is 14.2. The van der Waals surface area contributed by atoms with E-state index in [9.17, 15) is 17.6 Å². The Morgan fingerprint density at radius 2 is 1.93 bits per heavy atom. The van der Waals surface area contributed by atoms with Crippen LogP contribution in [0.3, 0.4) is 0 Å². The van der Waals surface area contributed by atoms with Crippen LogP contribution < -0.4 is 4.31 Å². The van der Waals surface area contributed by atoms with Crippen LogP contribution in [0.25, 0.3) is 22.3 Å². The van der Waals surface area contributed by atoms with Gasteiger partial charge in [-0.25, -0.2) is 17.6 Å². The lowest BCUT2D eigenvalue weighted by atomic mass is 9.99. The molecule has 6 nitrogen and oxygen atoms in total. The van der Waals surface area contributed by atoms with Gasteiger partial charge in [-0.1, -0.05) is 0 Å². The van der Waals surface area contributed by atoms with Gasteiger partial charge in [0.1, 0.15) is 22.7 Å². The van der Waals surface area contributed by atoms with Crippen LogP contribution in [0.1, 0.15) is 22.3 Å². The van der Waals surface area contributed by atoms with E-state index < -0.39 is 21.8 Å². The van der Waals surface area contributed by atoms with E-state index in [1.807, 2.05) is 0 Å². The maximum Gasteiger partial charge on any atom is 0.342 e. The van der Waals surface area contributed by atoms with E-state index in [1.165, 1.54) is 35.7 Å². The summed E-state index contributed by atoms with van der Waals surface area (Å²) in [5, 5.41) is 0.542. The summed E-state index contributed by atoms with van der Waals surface area (Å²) in [4.78, 5) is 12.5. The number of nitrogens with zero attached hydrogens (tertiary/aromatic N) is 1. The van der Waals surface area contributed by atoms with Gasteiger partial charge in [0.2, 0.25) is 10.0 Å². The molecule has 0 saturated carbocycles. The summed E-state index contributed by atoms with van der Waals surface area (Å²) in [5.74, 6) is -0.720. The lowest BCUT2D eigenvalue weighted by Crippen LogP contribution is -2.34. The largest absolute Gasteiger partial charge is 0.465 e. The molecule has 1 aromatic heterocycles. The molecule has 0 unspecified atom stereocenters. The second kappa shape index (κ2) is 6.63.